The predicted molar refractivity (Wildman–Crippen MR) is 124 cm³/mol. The molecule has 0 unspecified atom stereocenters. The zero-order chi connectivity index (χ0) is 24.0. The number of carbonyl (C=O) groups excluding carboxylic acids is 2. The summed E-state index contributed by atoms with van der Waals surface area (Å²) < 4.78 is 16.6. The molecular weight excluding hydrogens is 437 g/mol. The number of benzene rings is 1. The maximum absolute atomic E-state index is 13.3. The fourth-order valence-corrected chi connectivity index (χ4v) is 4.20. The van der Waals surface area contributed by atoms with Crippen LogP contribution in [0, 0.1) is 6.92 Å². The molecule has 0 saturated carbocycles. The van der Waals surface area contributed by atoms with Crippen molar-refractivity contribution in [2.24, 2.45) is 5.73 Å². The van der Waals surface area contributed by atoms with E-state index >= 15 is 0 Å². The van der Waals surface area contributed by atoms with E-state index in [9.17, 15) is 14.0 Å². The molecule has 34 heavy (non-hydrogen) atoms. The van der Waals surface area contributed by atoms with Gasteiger partial charge in [0.05, 0.1) is 23.0 Å². The Hall–Kier alpha value is -4.34. The molecule has 1 aliphatic heterocycles. The smallest absolute Gasteiger partial charge is 0.282 e. The Balaban J connectivity index is 1.63. The Morgan fingerprint density at radius 1 is 1.21 bits per heavy atom. The highest BCUT2D eigenvalue weighted by atomic mass is 19.1. The van der Waals surface area contributed by atoms with Gasteiger partial charge in [0.25, 0.3) is 5.91 Å². The number of pyridine rings is 1. The van der Waals surface area contributed by atoms with Gasteiger partial charge in [-0.1, -0.05) is 24.3 Å². The van der Waals surface area contributed by atoms with Crippen molar-refractivity contribution >= 4 is 22.8 Å². The Labute approximate surface area is 194 Å². The minimum Gasteiger partial charge on any atom is -0.368 e. The third-order valence-electron chi connectivity index (χ3n) is 5.92. The number of nitrogens with zero attached hydrogens (tertiary/aromatic N) is 6. The summed E-state index contributed by atoms with van der Waals surface area (Å²) in [7, 11) is 0. The molecule has 5 rings (SSSR count). The van der Waals surface area contributed by atoms with Crippen molar-refractivity contribution in [3.8, 4) is 16.8 Å². The standard InChI is InChI=1S/C24H22FN7O2/c1-14-3-5-18(6-4-14)32-23-21(22(29-32)17-10-30(11-17)24(34)15(2)25)19(7-8-27-23)16-9-28-31(12-16)13-20(26)33/h3-9,12,17H,2,10-11,13H2,1H3,(H2,26,33). The third-order valence-corrected chi connectivity index (χ3v) is 5.92. The highest BCUT2D eigenvalue weighted by molar-refractivity contribution is 5.96. The molecule has 172 valence electrons. The molecule has 4 aromatic rings. The zero-order valence-corrected chi connectivity index (χ0v) is 18.5. The lowest BCUT2D eigenvalue weighted by molar-refractivity contribution is -0.133. The normalized spacial score (nSPS) is 13.8. The number of primary amides is 1. The Kier molecular flexibility index (Phi) is 5.20. The van der Waals surface area contributed by atoms with Crippen LogP contribution in [0.25, 0.3) is 27.8 Å². The van der Waals surface area contributed by atoms with Crippen molar-refractivity contribution in [1.29, 1.82) is 0 Å². The molecule has 0 aliphatic carbocycles. The van der Waals surface area contributed by atoms with Gasteiger partial charge in [-0.3, -0.25) is 14.3 Å². The van der Waals surface area contributed by atoms with Crippen molar-refractivity contribution in [2.45, 2.75) is 19.4 Å². The first-order valence-electron chi connectivity index (χ1n) is 10.7. The molecule has 2 N–H and O–H groups in total. The highest BCUT2D eigenvalue weighted by Crippen LogP contribution is 2.38. The molecule has 0 spiro atoms. The number of carbonyl (C=O) groups is 2. The maximum atomic E-state index is 13.3. The van der Waals surface area contributed by atoms with Crippen LogP contribution in [0.5, 0.6) is 0 Å². The maximum Gasteiger partial charge on any atom is 0.282 e. The van der Waals surface area contributed by atoms with E-state index in [4.69, 9.17) is 10.8 Å². The van der Waals surface area contributed by atoms with Crippen molar-refractivity contribution in [2.75, 3.05) is 13.1 Å². The van der Waals surface area contributed by atoms with E-state index in [2.05, 4.69) is 16.7 Å². The summed E-state index contributed by atoms with van der Waals surface area (Å²) in [5.74, 6) is -2.26. The van der Waals surface area contributed by atoms with E-state index in [-0.39, 0.29) is 12.5 Å². The molecule has 0 radical (unpaired) electrons. The molecule has 10 heteroatoms. The molecule has 1 fully saturated rings. The summed E-state index contributed by atoms with van der Waals surface area (Å²) in [6.45, 7) is 5.74. The number of aromatic nitrogens is 5. The van der Waals surface area contributed by atoms with Crippen LogP contribution in [0.2, 0.25) is 0 Å². The summed E-state index contributed by atoms with van der Waals surface area (Å²) in [5.41, 5.74) is 10.3. The summed E-state index contributed by atoms with van der Waals surface area (Å²) in [6.07, 6.45) is 5.10. The van der Waals surface area contributed by atoms with E-state index in [0.717, 1.165) is 33.5 Å². The van der Waals surface area contributed by atoms with Gasteiger partial charge in [0, 0.05) is 37.0 Å². The molecule has 9 nitrogen and oxygen atoms in total. The number of hydrogen-bond donors (Lipinski definition) is 1. The van der Waals surface area contributed by atoms with Gasteiger partial charge in [0.15, 0.2) is 11.5 Å². The minimum absolute atomic E-state index is 0.0312. The molecule has 0 atom stereocenters. The van der Waals surface area contributed by atoms with Crippen LogP contribution in [-0.2, 0) is 16.1 Å². The van der Waals surface area contributed by atoms with Crippen LogP contribution < -0.4 is 5.73 Å². The van der Waals surface area contributed by atoms with E-state index in [1.165, 1.54) is 9.58 Å². The van der Waals surface area contributed by atoms with Crippen LogP contribution in [-0.4, -0.2) is 54.3 Å². The van der Waals surface area contributed by atoms with Gasteiger partial charge in [0.1, 0.15) is 6.54 Å². The lowest BCUT2D eigenvalue weighted by Crippen LogP contribution is -2.48. The average Bonchev–Trinajstić information content (AvgIpc) is 3.38. The number of rotatable bonds is 6. The fourth-order valence-electron chi connectivity index (χ4n) is 4.20. The van der Waals surface area contributed by atoms with E-state index in [1.54, 1.807) is 23.3 Å². The van der Waals surface area contributed by atoms with Crippen LogP contribution in [0.3, 0.4) is 0 Å². The first-order chi connectivity index (χ1) is 16.3. The third kappa shape index (κ3) is 3.72. The van der Waals surface area contributed by atoms with Crippen LogP contribution in [0.15, 0.2) is 61.3 Å². The number of nitrogens with two attached hydrogens (primary N) is 1. The van der Waals surface area contributed by atoms with Crippen molar-refractivity contribution in [1.82, 2.24) is 29.4 Å². The first kappa shape index (κ1) is 21.5. The molecule has 1 saturated heterocycles. The van der Waals surface area contributed by atoms with Gasteiger partial charge >= 0.3 is 0 Å². The van der Waals surface area contributed by atoms with Gasteiger partial charge in [-0.15, -0.1) is 0 Å². The Morgan fingerprint density at radius 3 is 2.62 bits per heavy atom. The molecule has 2 amide bonds. The van der Waals surface area contributed by atoms with Crippen LogP contribution in [0.1, 0.15) is 17.2 Å². The molecular formula is C24H22FN7O2. The topological polar surface area (TPSA) is 112 Å². The largest absolute Gasteiger partial charge is 0.368 e. The van der Waals surface area contributed by atoms with Gasteiger partial charge in [0.2, 0.25) is 5.91 Å². The molecule has 1 aromatic carbocycles. The van der Waals surface area contributed by atoms with Gasteiger partial charge in [-0.05, 0) is 30.7 Å². The quantitative estimate of drug-likeness (QED) is 0.445. The number of hydrogen-bond acceptors (Lipinski definition) is 5. The van der Waals surface area contributed by atoms with Crippen LogP contribution >= 0.6 is 0 Å². The Morgan fingerprint density at radius 2 is 1.94 bits per heavy atom. The van der Waals surface area contributed by atoms with Crippen molar-refractivity contribution in [3.05, 3.63) is 72.6 Å². The molecule has 1 aliphatic rings. The first-order valence-corrected chi connectivity index (χ1v) is 10.7. The second-order valence-corrected chi connectivity index (χ2v) is 8.39. The molecule has 3 aromatic heterocycles. The lowest BCUT2D eigenvalue weighted by atomic mass is 9.92. The monoisotopic (exact) mass is 459 g/mol. The number of halogens is 1. The fraction of sp³-hybridized carbons (Fsp3) is 0.208. The summed E-state index contributed by atoms with van der Waals surface area (Å²) >= 11 is 0. The molecule has 4 heterocycles. The highest BCUT2D eigenvalue weighted by Gasteiger charge is 2.37. The summed E-state index contributed by atoms with van der Waals surface area (Å²) in [4.78, 5) is 29.3. The van der Waals surface area contributed by atoms with E-state index in [0.29, 0.717) is 18.7 Å². The van der Waals surface area contributed by atoms with Crippen molar-refractivity contribution < 1.29 is 14.0 Å². The van der Waals surface area contributed by atoms with Gasteiger partial charge in [-0.25, -0.2) is 14.1 Å². The van der Waals surface area contributed by atoms with Gasteiger partial charge < -0.3 is 10.6 Å². The number of amides is 2. The predicted octanol–water partition coefficient (Wildman–Crippen LogP) is 2.49. The zero-order valence-electron chi connectivity index (χ0n) is 18.5. The van der Waals surface area contributed by atoms with Gasteiger partial charge in [-0.2, -0.15) is 10.2 Å². The number of likely N-dealkylation sites (tertiary alicyclic amines) is 1. The van der Waals surface area contributed by atoms with E-state index < -0.39 is 17.6 Å². The second-order valence-electron chi connectivity index (χ2n) is 8.39. The summed E-state index contributed by atoms with van der Waals surface area (Å²) in [5, 5.41) is 9.95. The molecule has 0 bridgehead atoms. The number of aryl methyl sites for hydroxylation is 1. The SMILES string of the molecule is C=C(F)C(=O)N1CC(c2nn(-c3ccc(C)cc3)c3nccc(-c4cnn(CC(N)=O)c4)c23)C1. The van der Waals surface area contributed by atoms with E-state index in [1.807, 2.05) is 37.3 Å². The minimum atomic E-state index is -0.974. The number of fused-ring (bicyclic) bond motifs is 1. The Bertz CT molecular complexity index is 1430. The van der Waals surface area contributed by atoms with Crippen molar-refractivity contribution in [3.63, 3.8) is 0 Å². The second kappa shape index (κ2) is 8.22. The summed E-state index contributed by atoms with van der Waals surface area (Å²) in [6, 6.07) is 9.79. The van der Waals surface area contributed by atoms with Crippen LogP contribution in [0.4, 0.5) is 4.39 Å². The lowest BCUT2D eigenvalue weighted by Gasteiger charge is -2.38. The average molecular weight is 459 g/mol.